The van der Waals surface area contributed by atoms with Crippen LogP contribution in [0.4, 0.5) is 4.39 Å². The molecular weight excluding hydrogens is 435 g/mol. The number of rotatable bonds is 5. The van der Waals surface area contributed by atoms with Crippen molar-refractivity contribution >= 4 is 27.6 Å². The first-order chi connectivity index (χ1) is 16.4. The van der Waals surface area contributed by atoms with Crippen LogP contribution in [0.1, 0.15) is 34.5 Å². The molecule has 170 valence electrons. The highest BCUT2D eigenvalue weighted by Crippen LogP contribution is 2.42. The molecule has 2 aromatic carbocycles. The van der Waals surface area contributed by atoms with E-state index in [1.54, 1.807) is 48.9 Å². The number of hydrogen-bond donors (Lipinski definition) is 3. The fraction of sp³-hybridized carbons (Fsp3) is 0.115. The zero-order valence-corrected chi connectivity index (χ0v) is 18.2. The number of carbonyl (C=O) groups excluding carboxylic acids is 1. The summed E-state index contributed by atoms with van der Waals surface area (Å²) in [5, 5.41) is 25.9. The molecule has 3 heterocycles. The largest absolute Gasteiger partial charge is 0.505 e. The number of fused-ring (bicyclic) bond motifs is 2. The van der Waals surface area contributed by atoms with Crippen LogP contribution in [0.25, 0.3) is 21.7 Å². The van der Waals surface area contributed by atoms with E-state index < -0.39 is 0 Å². The van der Waals surface area contributed by atoms with Gasteiger partial charge in [0, 0.05) is 35.6 Å². The van der Waals surface area contributed by atoms with Crippen molar-refractivity contribution < 1.29 is 19.4 Å². The van der Waals surface area contributed by atoms with Gasteiger partial charge in [0.2, 0.25) is 5.88 Å². The number of phenolic OH excluding ortho intramolecular Hbond substituents is 1. The summed E-state index contributed by atoms with van der Waals surface area (Å²) in [6, 6.07) is 12.6. The first kappa shape index (κ1) is 21.4. The second kappa shape index (κ2) is 8.47. The smallest absolute Gasteiger partial charge is 0.253 e. The summed E-state index contributed by atoms with van der Waals surface area (Å²) in [6.45, 7) is 2.07. The number of phenols is 1. The van der Waals surface area contributed by atoms with Gasteiger partial charge in [-0.1, -0.05) is 24.3 Å². The first-order valence-electron chi connectivity index (χ1n) is 10.7. The molecular formula is C26H21FN4O3. The van der Waals surface area contributed by atoms with Crippen LogP contribution < -0.4 is 5.32 Å². The molecule has 0 bridgehead atoms. The summed E-state index contributed by atoms with van der Waals surface area (Å²) in [5.41, 5.74) is 2.09. The minimum atomic E-state index is -0.377. The van der Waals surface area contributed by atoms with Crippen LogP contribution in [0.3, 0.4) is 0 Å². The van der Waals surface area contributed by atoms with Gasteiger partial charge in [0.1, 0.15) is 11.3 Å². The number of aromatic nitrogens is 3. The highest BCUT2D eigenvalue weighted by Gasteiger charge is 2.25. The molecule has 0 aliphatic heterocycles. The summed E-state index contributed by atoms with van der Waals surface area (Å²) in [5.74, 6) is -1.16. The van der Waals surface area contributed by atoms with Crippen molar-refractivity contribution in [2.75, 3.05) is 0 Å². The van der Waals surface area contributed by atoms with Gasteiger partial charge in [-0.05, 0) is 42.3 Å². The first-order valence-corrected chi connectivity index (χ1v) is 10.7. The highest BCUT2D eigenvalue weighted by molar-refractivity contribution is 6.21. The normalized spacial score (nSPS) is 12.2. The molecule has 1 unspecified atom stereocenters. The van der Waals surface area contributed by atoms with Crippen molar-refractivity contribution in [2.45, 2.75) is 19.5 Å². The van der Waals surface area contributed by atoms with Gasteiger partial charge in [0.25, 0.3) is 5.91 Å². The second-order valence-electron chi connectivity index (χ2n) is 8.10. The van der Waals surface area contributed by atoms with E-state index in [2.05, 4.69) is 15.3 Å². The number of pyridine rings is 2. The lowest BCUT2D eigenvalue weighted by Gasteiger charge is -2.16. The van der Waals surface area contributed by atoms with Gasteiger partial charge >= 0.3 is 0 Å². The van der Waals surface area contributed by atoms with Crippen molar-refractivity contribution in [2.24, 2.45) is 0 Å². The van der Waals surface area contributed by atoms with E-state index in [1.165, 1.54) is 22.9 Å². The van der Waals surface area contributed by atoms with Crippen LogP contribution in [0.15, 0.2) is 73.3 Å². The van der Waals surface area contributed by atoms with Crippen LogP contribution in [0.2, 0.25) is 0 Å². The minimum absolute atomic E-state index is 0.132. The van der Waals surface area contributed by atoms with Crippen LogP contribution in [-0.4, -0.2) is 30.7 Å². The number of hydrogen-bond acceptors (Lipinski definition) is 5. The molecule has 34 heavy (non-hydrogen) atoms. The second-order valence-corrected chi connectivity index (χ2v) is 8.10. The molecule has 0 saturated heterocycles. The molecule has 1 amide bonds. The Hall–Kier alpha value is -4.46. The molecule has 0 spiro atoms. The Kier molecular flexibility index (Phi) is 5.33. The Morgan fingerprint density at radius 3 is 2.59 bits per heavy atom. The quantitative estimate of drug-likeness (QED) is 0.357. The van der Waals surface area contributed by atoms with Gasteiger partial charge < -0.3 is 20.1 Å². The molecule has 8 heteroatoms. The lowest BCUT2D eigenvalue weighted by molar-refractivity contribution is 0.0943. The average Bonchev–Trinajstić information content (AvgIpc) is 3.17. The fourth-order valence-electron chi connectivity index (χ4n) is 4.16. The molecule has 3 aromatic heterocycles. The van der Waals surface area contributed by atoms with Gasteiger partial charge in [-0.15, -0.1) is 0 Å². The topological polar surface area (TPSA) is 100 Å². The molecule has 0 radical (unpaired) electrons. The summed E-state index contributed by atoms with van der Waals surface area (Å²) >= 11 is 0. The monoisotopic (exact) mass is 456 g/mol. The molecule has 0 saturated carbocycles. The lowest BCUT2D eigenvalue weighted by Crippen LogP contribution is -2.27. The Morgan fingerprint density at radius 2 is 1.85 bits per heavy atom. The van der Waals surface area contributed by atoms with Gasteiger partial charge in [0.15, 0.2) is 5.75 Å². The lowest BCUT2D eigenvalue weighted by atomic mass is 10.00. The van der Waals surface area contributed by atoms with Crippen molar-refractivity contribution in [3.63, 3.8) is 0 Å². The molecule has 0 aliphatic rings. The van der Waals surface area contributed by atoms with Gasteiger partial charge in [-0.2, -0.15) is 0 Å². The maximum absolute atomic E-state index is 13.5. The molecule has 3 N–H and O–H groups in total. The molecule has 7 nitrogen and oxygen atoms in total. The number of nitrogens with one attached hydrogen (secondary N) is 1. The fourth-order valence-corrected chi connectivity index (χ4v) is 4.16. The summed E-state index contributed by atoms with van der Waals surface area (Å²) < 4.78 is 14.8. The van der Waals surface area contributed by atoms with E-state index >= 15 is 0 Å². The van der Waals surface area contributed by atoms with E-state index in [1.807, 2.05) is 13.0 Å². The van der Waals surface area contributed by atoms with E-state index in [0.717, 1.165) is 11.1 Å². The van der Waals surface area contributed by atoms with Gasteiger partial charge in [0.05, 0.1) is 23.5 Å². The Labute approximate surface area is 194 Å². The average molecular weight is 456 g/mol. The third-order valence-corrected chi connectivity index (χ3v) is 5.88. The van der Waals surface area contributed by atoms with Gasteiger partial charge in [-0.3, -0.25) is 14.8 Å². The maximum Gasteiger partial charge on any atom is 0.253 e. The third-order valence-electron chi connectivity index (χ3n) is 5.88. The van der Waals surface area contributed by atoms with E-state index in [4.69, 9.17) is 0 Å². The number of amides is 1. The Morgan fingerprint density at radius 1 is 1.09 bits per heavy atom. The zero-order valence-electron chi connectivity index (χ0n) is 18.2. The molecule has 1 atom stereocenters. The standard InChI is InChI=1S/C26H21FN4O3/c1-15(17-4-2-10-28-12-17)30-25(33)21-19-5-3-11-29-23(19)24(32)22-20(21)14-31(26(22)34)13-16-6-8-18(27)9-7-16/h2-12,14-15,32,34H,13H2,1H3,(H,30,33). The van der Waals surface area contributed by atoms with Crippen LogP contribution in [0.5, 0.6) is 11.6 Å². The number of aromatic hydroxyl groups is 2. The molecule has 5 rings (SSSR count). The molecule has 0 fully saturated rings. The minimum Gasteiger partial charge on any atom is -0.505 e. The number of nitrogens with zero attached hydrogens (tertiary/aromatic N) is 3. The SMILES string of the molecule is CC(NC(=O)c1c2cccnc2c(O)c2c(O)n(Cc3ccc(F)cc3)cc12)c1cccnc1. The summed E-state index contributed by atoms with van der Waals surface area (Å²) in [6.07, 6.45) is 6.47. The predicted molar refractivity (Wildman–Crippen MR) is 126 cm³/mol. The highest BCUT2D eigenvalue weighted by atomic mass is 19.1. The number of carbonyl (C=O) groups is 1. The Bertz CT molecular complexity index is 1510. The predicted octanol–water partition coefficient (Wildman–Crippen LogP) is 4.67. The Balaban J connectivity index is 1.65. The van der Waals surface area contributed by atoms with Crippen molar-refractivity contribution in [1.82, 2.24) is 19.9 Å². The van der Waals surface area contributed by atoms with Crippen molar-refractivity contribution in [3.05, 3.63) is 95.8 Å². The zero-order chi connectivity index (χ0) is 23.8. The van der Waals surface area contributed by atoms with Crippen LogP contribution >= 0.6 is 0 Å². The third kappa shape index (κ3) is 3.69. The molecule has 5 aromatic rings. The number of halogens is 1. The summed E-state index contributed by atoms with van der Waals surface area (Å²) in [4.78, 5) is 21.9. The van der Waals surface area contributed by atoms with E-state index in [9.17, 15) is 19.4 Å². The molecule has 0 aliphatic carbocycles. The van der Waals surface area contributed by atoms with Crippen molar-refractivity contribution in [3.8, 4) is 11.6 Å². The van der Waals surface area contributed by atoms with E-state index in [-0.39, 0.29) is 46.8 Å². The van der Waals surface area contributed by atoms with Crippen LogP contribution in [0, 0.1) is 5.82 Å². The van der Waals surface area contributed by atoms with Crippen molar-refractivity contribution in [1.29, 1.82) is 0 Å². The maximum atomic E-state index is 13.5. The van der Waals surface area contributed by atoms with Gasteiger partial charge in [-0.25, -0.2) is 4.39 Å². The van der Waals surface area contributed by atoms with E-state index in [0.29, 0.717) is 16.3 Å². The summed E-state index contributed by atoms with van der Waals surface area (Å²) in [7, 11) is 0. The van der Waals surface area contributed by atoms with Crippen LogP contribution in [-0.2, 0) is 6.54 Å². The number of benzene rings is 2.